The zero-order valence-electron chi connectivity index (χ0n) is 27.1. The molecule has 0 aromatic rings. The molecule has 0 aliphatic carbocycles. The summed E-state index contributed by atoms with van der Waals surface area (Å²) in [5, 5.41) is 25.1. The van der Waals surface area contributed by atoms with Crippen molar-refractivity contribution in [1.82, 2.24) is 5.32 Å². The van der Waals surface area contributed by atoms with Crippen LogP contribution in [0.4, 0.5) is 0 Å². The van der Waals surface area contributed by atoms with Crippen molar-refractivity contribution in [3.8, 4) is 0 Å². The summed E-state index contributed by atoms with van der Waals surface area (Å²) in [6.07, 6.45) is 7.93. The molecule has 0 spiro atoms. The Labute approximate surface area is 256 Å². The van der Waals surface area contributed by atoms with Crippen molar-refractivity contribution in [1.29, 1.82) is 0 Å². The Kier molecular flexibility index (Phi) is 12.6. The van der Waals surface area contributed by atoms with Crippen LogP contribution < -0.4 is 5.32 Å². The van der Waals surface area contributed by atoms with Crippen LogP contribution in [-0.2, 0) is 33.3 Å². The molecule has 2 saturated heterocycles. The lowest BCUT2D eigenvalue weighted by Crippen LogP contribution is -2.58. The van der Waals surface area contributed by atoms with E-state index in [0.29, 0.717) is 6.61 Å². The Balaban J connectivity index is 1.81. The molecule has 43 heavy (non-hydrogen) atoms. The van der Waals surface area contributed by atoms with E-state index in [0.717, 1.165) is 18.5 Å². The summed E-state index contributed by atoms with van der Waals surface area (Å²) in [5.41, 5.74) is -1.25. The first kappa shape index (κ1) is 35.4. The third-order valence-electron chi connectivity index (χ3n) is 9.05. The van der Waals surface area contributed by atoms with Crippen molar-refractivity contribution < 1.29 is 43.5 Å². The third kappa shape index (κ3) is 9.45. The quantitative estimate of drug-likeness (QED) is 0.155. The summed E-state index contributed by atoms with van der Waals surface area (Å²) in [6, 6.07) is -0.0402. The summed E-state index contributed by atoms with van der Waals surface area (Å²) in [5.74, 6) is -1.10. The number of rotatable bonds is 9. The Morgan fingerprint density at radius 3 is 2.65 bits per heavy atom. The lowest BCUT2D eigenvalue weighted by atomic mass is 9.86. The van der Waals surface area contributed by atoms with E-state index in [1.807, 2.05) is 39.0 Å². The van der Waals surface area contributed by atoms with Crippen molar-refractivity contribution in [2.75, 3.05) is 20.3 Å². The lowest BCUT2D eigenvalue weighted by molar-refractivity contribution is -0.157. The highest BCUT2D eigenvalue weighted by atomic mass is 16.6. The van der Waals surface area contributed by atoms with Crippen LogP contribution in [0.5, 0.6) is 0 Å². The topological polar surface area (TPSA) is 136 Å². The molecule has 0 amide bonds. The van der Waals surface area contributed by atoms with Gasteiger partial charge in [0.2, 0.25) is 0 Å². The highest BCUT2D eigenvalue weighted by molar-refractivity contribution is 5.70. The number of morpholine rings is 1. The first-order chi connectivity index (χ1) is 20.2. The van der Waals surface area contributed by atoms with Gasteiger partial charge in [-0.25, -0.2) is 0 Å². The van der Waals surface area contributed by atoms with Gasteiger partial charge in [0.1, 0.15) is 29.5 Å². The Morgan fingerprint density at radius 2 is 2.00 bits per heavy atom. The Morgan fingerprint density at radius 1 is 1.28 bits per heavy atom. The van der Waals surface area contributed by atoms with E-state index in [9.17, 15) is 19.8 Å². The van der Waals surface area contributed by atoms with Gasteiger partial charge in [0.25, 0.3) is 0 Å². The van der Waals surface area contributed by atoms with E-state index >= 15 is 0 Å². The maximum atomic E-state index is 12.8. The number of hydrogen-bond donors (Lipinski definition) is 3. The lowest BCUT2D eigenvalue weighted by Gasteiger charge is -2.39. The monoisotopic (exact) mass is 607 g/mol. The SMILES string of the molecule is CC[C@H](OC)[C@@H](C)C1O[C@@H]1C1NCCOC1(C)/C=C/C=C(\C)[C@H]1OC(=O)C[C@H](O)CC[C@@](C)(O)[C@@H](OC(C)=O)/C=C/[C@@H]1C. The van der Waals surface area contributed by atoms with Gasteiger partial charge in [-0.3, -0.25) is 9.59 Å². The van der Waals surface area contributed by atoms with Gasteiger partial charge in [0.05, 0.1) is 37.4 Å². The van der Waals surface area contributed by atoms with Crippen LogP contribution in [-0.4, -0.2) is 96.3 Å². The number of esters is 2. The minimum Gasteiger partial charge on any atom is -0.457 e. The van der Waals surface area contributed by atoms with Gasteiger partial charge in [-0.1, -0.05) is 45.1 Å². The zero-order chi connectivity index (χ0) is 31.9. The summed E-state index contributed by atoms with van der Waals surface area (Å²) in [4.78, 5) is 24.5. The Bertz CT molecular complexity index is 1040. The average Bonchev–Trinajstić information content (AvgIpc) is 3.73. The molecule has 2 fully saturated rings. The van der Waals surface area contributed by atoms with Gasteiger partial charge >= 0.3 is 11.9 Å². The molecule has 3 N–H and O–H groups in total. The maximum absolute atomic E-state index is 12.8. The normalized spacial score (nSPS) is 40.1. The van der Waals surface area contributed by atoms with Crippen molar-refractivity contribution >= 4 is 11.9 Å². The van der Waals surface area contributed by atoms with Gasteiger partial charge in [0, 0.05) is 32.4 Å². The Hall–Kier alpha value is -2.08. The second-order valence-electron chi connectivity index (χ2n) is 12.8. The van der Waals surface area contributed by atoms with Crippen LogP contribution in [0.3, 0.4) is 0 Å². The number of epoxide rings is 1. The van der Waals surface area contributed by atoms with Gasteiger partial charge in [-0.15, -0.1) is 0 Å². The number of aliphatic hydroxyl groups is 2. The minimum atomic E-state index is -1.42. The van der Waals surface area contributed by atoms with Gasteiger partial charge in [-0.05, 0) is 51.7 Å². The molecule has 3 heterocycles. The average molecular weight is 608 g/mol. The number of hydrogen-bond acceptors (Lipinski definition) is 10. The molecular formula is C33H53NO9. The van der Waals surface area contributed by atoms with Gasteiger partial charge < -0.3 is 39.2 Å². The number of allylic oxidation sites excluding steroid dienone is 2. The zero-order valence-corrected chi connectivity index (χ0v) is 27.1. The molecule has 3 unspecified atom stereocenters. The van der Waals surface area contributed by atoms with Crippen LogP contribution >= 0.6 is 0 Å². The predicted molar refractivity (Wildman–Crippen MR) is 162 cm³/mol. The molecule has 0 saturated carbocycles. The van der Waals surface area contributed by atoms with E-state index in [4.69, 9.17) is 23.7 Å². The molecule has 10 nitrogen and oxygen atoms in total. The summed E-state index contributed by atoms with van der Waals surface area (Å²) < 4.78 is 29.4. The van der Waals surface area contributed by atoms with E-state index in [1.165, 1.54) is 6.92 Å². The van der Waals surface area contributed by atoms with Crippen LogP contribution in [0.2, 0.25) is 0 Å². The second kappa shape index (κ2) is 15.3. The molecule has 11 atom stereocenters. The number of nitrogens with one attached hydrogen (secondary N) is 1. The summed E-state index contributed by atoms with van der Waals surface area (Å²) >= 11 is 0. The fourth-order valence-electron chi connectivity index (χ4n) is 6.28. The molecule has 3 aliphatic rings. The molecule has 3 aliphatic heterocycles. The van der Waals surface area contributed by atoms with E-state index in [2.05, 4.69) is 19.2 Å². The molecule has 0 aromatic heterocycles. The van der Waals surface area contributed by atoms with E-state index < -0.39 is 41.5 Å². The van der Waals surface area contributed by atoms with E-state index in [1.54, 1.807) is 26.2 Å². The smallest absolute Gasteiger partial charge is 0.309 e. The predicted octanol–water partition coefficient (Wildman–Crippen LogP) is 3.40. The number of carbonyl (C=O) groups excluding carboxylic acids is 2. The molecule has 0 radical (unpaired) electrons. The van der Waals surface area contributed by atoms with Crippen LogP contribution in [0, 0.1) is 11.8 Å². The standard InChI is InChI=1S/C33H53NO9/c1-9-25(39-8)22(4)29-30(43-29)31-33(7,40-18-17-34-31)15-10-11-20(2)28-21(3)12-13-26(41-23(5)35)32(6,38)16-14-24(36)19-27(37)42-28/h10-13,15,21-22,24-26,28-31,34,36,38H,9,14,16-19H2,1-8H3/b13-12+,15-10+,20-11+/t21-,22+,24+,25-,26-,28+,29?,30-,31?,32+,33?/m0/s1. The molecular weight excluding hydrogens is 554 g/mol. The van der Waals surface area contributed by atoms with E-state index in [-0.39, 0.29) is 55.5 Å². The largest absolute Gasteiger partial charge is 0.457 e. The van der Waals surface area contributed by atoms with Crippen LogP contribution in [0.15, 0.2) is 36.0 Å². The third-order valence-corrected chi connectivity index (χ3v) is 9.05. The van der Waals surface area contributed by atoms with Gasteiger partial charge in [-0.2, -0.15) is 0 Å². The van der Waals surface area contributed by atoms with Crippen molar-refractivity contribution in [2.24, 2.45) is 11.8 Å². The molecule has 0 bridgehead atoms. The number of carbonyl (C=O) groups is 2. The molecule has 244 valence electrons. The summed E-state index contributed by atoms with van der Waals surface area (Å²) in [7, 11) is 1.74. The number of aliphatic hydroxyl groups excluding tert-OH is 1. The number of cyclic esters (lactones) is 1. The fraction of sp³-hybridized carbons (Fsp3) is 0.758. The van der Waals surface area contributed by atoms with Crippen LogP contribution in [0.1, 0.15) is 74.1 Å². The molecule has 10 heteroatoms. The number of ether oxygens (including phenoxy) is 5. The fourth-order valence-corrected chi connectivity index (χ4v) is 6.28. The highest BCUT2D eigenvalue weighted by Gasteiger charge is 2.55. The van der Waals surface area contributed by atoms with Crippen LogP contribution in [0.25, 0.3) is 0 Å². The van der Waals surface area contributed by atoms with Crippen molar-refractivity contribution in [3.05, 3.63) is 36.0 Å². The maximum Gasteiger partial charge on any atom is 0.309 e. The van der Waals surface area contributed by atoms with Gasteiger partial charge in [0.15, 0.2) is 0 Å². The molecule has 0 aromatic carbocycles. The number of methoxy groups -OCH3 is 1. The highest BCUT2D eigenvalue weighted by Crippen LogP contribution is 2.40. The first-order valence-electron chi connectivity index (χ1n) is 15.6. The van der Waals surface area contributed by atoms with Crippen molar-refractivity contribution in [2.45, 2.75) is 128 Å². The summed E-state index contributed by atoms with van der Waals surface area (Å²) in [6.45, 7) is 14.3. The second-order valence-corrected chi connectivity index (χ2v) is 12.8. The van der Waals surface area contributed by atoms with Crippen molar-refractivity contribution in [3.63, 3.8) is 0 Å². The first-order valence-corrected chi connectivity index (χ1v) is 15.6. The minimum absolute atomic E-state index is 0.00505. The molecule has 3 rings (SSSR count).